The van der Waals surface area contributed by atoms with Gasteiger partial charge in [0.15, 0.2) is 0 Å². The Morgan fingerprint density at radius 2 is 1.88 bits per heavy atom. The lowest BCUT2D eigenvalue weighted by Crippen LogP contribution is -2.25. The number of hydrogen-bond acceptors (Lipinski definition) is 3. The number of urea groups is 1. The maximum atomic E-state index is 13.1. The van der Waals surface area contributed by atoms with E-state index in [2.05, 4.69) is 10.6 Å². The Morgan fingerprint density at radius 1 is 1.17 bits per heavy atom. The largest absolute Gasteiger partial charge is 0.324 e. The van der Waals surface area contributed by atoms with Gasteiger partial charge in [0.1, 0.15) is 11.9 Å². The Morgan fingerprint density at radius 3 is 2.46 bits per heavy atom. The van der Waals surface area contributed by atoms with Crippen molar-refractivity contribution in [3.05, 3.63) is 65.5 Å². The normalized spacial score (nSPS) is 16.9. The number of nitrogens with zero attached hydrogens (tertiary/aromatic N) is 1. The van der Waals surface area contributed by atoms with Crippen molar-refractivity contribution in [1.82, 2.24) is 10.2 Å². The van der Waals surface area contributed by atoms with Crippen molar-refractivity contribution in [2.45, 2.75) is 6.04 Å². The molecule has 2 aromatic carbocycles. The molecule has 6 nitrogen and oxygen atoms in total. The minimum absolute atomic E-state index is 0.207. The van der Waals surface area contributed by atoms with E-state index < -0.39 is 23.8 Å². The van der Waals surface area contributed by atoms with Crippen molar-refractivity contribution in [1.29, 1.82) is 0 Å². The van der Waals surface area contributed by atoms with Crippen molar-refractivity contribution in [3.8, 4) is 0 Å². The standard InChI is InChI=1S/C17H14FN3O3/c1-21-16(23)14(20-17(21)24)10-5-7-13(8-6-10)19-15(22)11-3-2-4-12(18)9-11/h2-9,14H,1H3,(H,19,22)(H,20,24). The Labute approximate surface area is 137 Å². The fraction of sp³-hybridized carbons (Fsp3) is 0.118. The summed E-state index contributed by atoms with van der Waals surface area (Å²) in [6.07, 6.45) is 0. The molecule has 3 rings (SSSR count). The molecule has 2 aromatic rings. The van der Waals surface area contributed by atoms with E-state index in [9.17, 15) is 18.8 Å². The first kappa shape index (κ1) is 15.7. The molecule has 1 heterocycles. The predicted molar refractivity (Wildman–Crippen MR) is 84.8 cm³/mol. The van der Waals surface area contributed by atoms with Gasteiger partial charge in [-0.15, -0.1) is 0 Å². The molecule has 0 spiro atoms. The molecule has 1 aliphatic rings. The smallest absolute Gasteiger partial charge is 0.322 e. The molecule has 1 aliphatic heterocycles. The van der Waals surface area contributed by atoms with Crippen molar-refractivity contribution in [2.24, 2.45) is 0 Å². The fourth-order valence-electron chi connectivity index (χ4n) is 2.39. The average Bonchev–Trinajstić information content (AvgIpc) is 2.83. The van der Waals surface area contributed by atoms with Crippen LogP contribution in [0.15, 0.2) is 48.5 Å². The minimum atomic E-state index is -0.726. The Kier molecular flexibility index (Phi) is 3.99. The van der Waals surface area contributed by atoms with Gasteiger partial charge in [0, 0.05) is 18.3 Å². The molecular weight excluding hydrogens is 313 g/mol. The molecular formula is C17H14FN3O3. The molecule has 1 fully saturated rings. The van der Waals surface area contributed by atoms with Crippen LogP contribution < -0.4 is 10.6 Å². The lowest BCUT2D eigenvalue weighted by molar-refractivity contribution is -0.126. The van der Waals surface area contributed by atoms with E-state index in [0.29, 0.717) is 11.3 Å². The van der Waals surface area contributed by atoms with Crippen molar-refractivity contribution < 1.29 is 18.8 Å². The van der Waals surface area contributed by atoms with Gasteiger partial charge in [-0.25, -0.2) is 9.18 Å². The minimum Gasteiger partial charge on any atom is -0.322 e. The highest BCUT2D eigenvalue weighted by Gasteiger charge is 2.36. The number of halogens is 1. The molecule has 0 bridgehead atoms. The average molecular weight is 327 g/mol. The summed E-state index contributed by atoms with van der Waals surface area (Å²) in [5.41, 5.74) is 1.32. The highest BCUT2D eigenvalue weighted by molar-refractivity contribution is 6.05. The van der Waals surface area contributed by atoms with Crippen LogP contribution in [0.1, 0.15) is 22.0 Å². The van der Waals surface area contributed by atoms with E-state index in [-0.39, 0.29) is 11.5 Å². The summed E-state index contributed by atoms with van der Waals surface area (Å²) in [6, 6.07) is 10.7. The molecule has 0 aliphatic carbocycles. The number of rotatable bonds is 3. The molecule has 1 unspecified atom stereocenters. The van der Waals surface area contributed by atoms with Crippen LogP contribution in [0.25, 0.3) is 0 Å². The Hall–Kier alpha value is -3.22. The number of nitrogens with one attached hydrogen (secondary N) is 2. The van der Waals surface area contributed by atoms with Crippen LogP contribution in [0.4, 0.5) is 14.9 Å². The molecule has 1 saturated heterocycles. The van der Waals surface area contributed by atoms with E-state index in [1.807, 2.05) is 0 Å². The highest BCUT2D eigenvalue weighted by Crippen LogP contribution is 2.22. The summed E-state index contributed by atoms with van der Waals surface area (Å²) < 4.78 is 13.1. The van der Waals surface area contributed by atoms with Crippen LogP contribution in [0.3, 0.4) is 0 Å². The predicted octanol–water partition coefficient (Wildman–Crippen LogP) is 2.30. The number of carbonyl (C=O) groups excluding carboxylic acids is 3. The molecule has 1 atom stereocenters. The highest BCUT2D eigenvalue weighted by atomic mass is 19.1. The van der Waals surface area contributed by atoms with Gasteiger partial charge in [-0.3, -0.25) is 14.5 Å². The van der Waals surface area contributed by atoms with Gasteiger partial charge in [0.2, 0.25) is 0 Å². The van der Waals surface area contributed by atoms with Crippen LogP contribution in [0, 0.1) is 5.82 Å². The maximum Gasteiger partial charge on any atom is 0.324 e. The summed E-state index contributed by atoms with van der Waals surface area (Å²) in [5, 5.41) is 5.21. The molecule has 4 amide bonds. The Bertz CT molecular complexity index is 820. The third-order valence-corrected chi connectivity index (χ3v) is 3.74. The summed E-state index contributed by atoms with van der Waals surface area (Å²) in [6.45, 7) is 0. The van der Waals surface area contributed by atoms with E-state index >= 15 is 0 Å². The van der Waals surface area contributed by atoms with Crippen LogP contribution >= 0.6 is 0 Å². The molecule has 24 heavy (non-hydrogen) atoms. The van der Waals surface area contributed by atoms with Gasteiger partial charge >= 0.3 is 6.03 Å². The SMILES string of the molecule is CN1C(=O)NC(c2ccc(NC(=O)c3cccc(F)c3)cc2)C1=O. The first-order valence-electron chi connectivity index (χ1n) is 7.20. The molecule has 0 radical (unpaired) electrons. The summed E-state index contributed by atoms with van der Waals surface area (Å²) in [4.78, 5) is 36.5. The number of benzene rings is 2. The molecule has 122 valence electrons. The molecule has 7 heteroatoms. The van der Waals surface area contributed by atoms with Crippen LogP contribution in [0.2, 0.25) is 0 Å². The van der Waals surface area contributed by atoms with Gasteiger partial charge in [0.05, 0.1) is 0 Å². The van der Waals surface area contributed by atoms with Gasteiger partial charge in [0.25, 0.3) is 11.8 Å². The second kappa shape index (κ2) is 6.11. The zero-order valence-electron chi connectivity index (χ0n) is 12.7. The number of amides is 4. The Balaban J connectivity index is 1.72. The van der Waals surface area contributed by atoms with Gasteiger partial charge in [-0.2, -0.15) is 0 Å². The van der Waals surface area contributed by atoms with Crippen LogP contribution in [-0.2, 0) is 4.79 Å². The molecule has 2 N–H and O–H groups in total. The first-order chi connectivity index (χ1) is 11.5. The van der Waals surface area contributed by atoms with Crippen LogP contribution in [-0.4, -0.2) is 29.8 Å². The van der Waals surface area contributed by atoms with Crippen molar-refractivity contribution in [2.75, 3.05) is 12.4 Å². The van der Waals surface area contributed by atoms with E-state index in [1.165, 1.54) is 25.2 Å². The lowest BCUT2D eigenvalue weighted by Gasteiger charge is -2.10. The fourth-order valence-corrected chi connectivity index (χ4v) is 2.39. The number of hydrogen-bond donors (Lipinski definition) is 2. The first-order valence-corrected chi connectivity index (χ1v) is 7.20. The third-order valence-electron chi connectivity index (χ3n) is 3.74. The van der Waals surface area contributed by atoms with Gasteiger partial charge in [-0.05, 0) is 35.9 Å². The van der Waals surface area contributed by atoms with Crippen molar-refractivity contribution >= 4 is 23.5 Å². The van der Waals surface area contributed by atoms with Gasteiger partial charge in [-0.1, -0.05) is 18.2 Å². The zero-order chi connectivity index (χ0) is 17.3. The summed E-state index contributed by atoms with van der Waals surface area (Å²) >= 11 is 0. The maximum absolute atomic E-state index is 13.1. The van der Waals surface area contributed by atoms with E-state index in [4.69, 9.17) is 0 Å². The third kappa shape index (κ3) is 2.96. The number of imide groups is 1. The second-order valence-electron chi connectivity index (χ2n) is 5.37. The zero-order valence-corrected chi connectivity index (χ0v) is 12.7. The number of likely N-dealkylation sites (N-methyl/N-ethyl adjacent to an activating group) is 1. The van der Waals surface area contributed by atoms with Crippen LogP contribution in [0.5, 0.6) is 0 Å². The summed E-state index contributed by atoms with van der Waals surface area (Å²) in [7, 11) is 1.41. The van der Waals surface area contributed by atoms with E-state index in [0.717, 1.165) is 11.0 Å². The molecule has 0 saturated carbocycles. The quantitative estimate of drug-likeness (QED) is 0.849. The number of anilines is 1. The van der Waals surface area contributed by atoms with E-state index in [1.54, 1.807) is 24.3 Å². The monoisotopic (exact) mass is 327 g/mol. The number of carbonyl (C=O) groups is 3. The summed E-state index contributed by atoms with van der Waals surface area (Å²) in [5.74, 6) is -1.26. The molecule has 0 aromatic heterocycles. The van der Waals surface area contributed by atoms with Gasteiger partial charge < -0.3 is 10.6 Å². The lowest BCUT2D eigenvalue weighted by atomic mass is 10.1. The topological polar surface area (TPSA) is 78.5 Å². The second-order valence-corrected chi connectivity index (χ2v) is 5.37. The van der Waals surface area contributed by atoms with Crippen molar-refractivity contribution in [3.63, 3.8) is 0 Å².